The van der Waals surface area contributed by atoms with Crippen molar-refractivity contribution in [2.45, 2.75) is 56.3 Å². The maximum atomic E-state index is 13.5. The molecule has 2 aliphatic rings. The van der Waals surface area contributed by atoms with Crippen LogP contribution in [0.3, 0.4) is 0 Å². The number of benzene rings is 3. The fraction of sp³-hybridized carbons (Fsp3) is 0.444. The van der Waals surface area contributed by atoms with E-state index in [1.807, 2.05) is 59.3 Å². The Balaban J connectivity index is 1.29. The fourth-order valence-electron chi connectivity index (χ4n) is 7.22. The summed E-state index contributed by atoms with van der Waals surface area (Å²) in [6, 6.07) is 26.3. The highest BCUT2D eigenvalue weighted by Crippen LogP contribution is 2.41. The van der Waals surface area contributed by atoms with E-state index in [1.165, 1.54) is 11.1 Å². The van der Waals surface area contributed by atoms with E-state index in [0.29, 0.717) is 16.6 Å². The van der Waals surface area contributed by atoms with E-state index in [-0.39, 0.29) is 22.6 Å². The van der Waals surface area contributed by atoms with Gasteiger partial charge in [0.15, 0.2) is 0 Å². The number of carbonyl (C=O) groups is 2. The predicted molar refractivity (Wildman–Crippen MR) is 176 cm³/mol. The van der Waals surface area contributed by atoms with Gasteiger partial charge in [0.2, 0.25) is 5.91 Å². The molecule has 2 aliphatic heterocycles. The van der Waals surface area contributed by atoms with Gasteiger partial charge in [-0.25, -0.2) is 0 Å². The van der Waals surface area contributed by atoms with Crippen LogP contribution in [0.2, 0.25) is 10.0 Å². The molecular formula is C36H43Cl2N3O2. The summed E-state index contributed by atoms with van der Waals surface area (Å²) in [6.45, 7) is 6.83. The quantitative estimate of drug-likeness (QED) is 0.250. The van der Waals surface area contributed by atoms with Gasteiger partial charge < -0.3 is 14.7 Å². The standard InChI is InChI=1S/C36H43Cl2N3O2/c1-28(42)39(2)26-36(30-13-7-4-8-14-30)19-23-40(24-20-36)21-9-17-35(31-15-16-32(37)33(38)25-31)18-10-22-41(27-35)34(43)29-11-5-3-6-12-29/h3-8,11-16,25H,9-10,17-24,26-27H2,1-2H3. The number of likely N-dealkylation sites (N-methyl/N-ethyl adjacent to an activating group) is 1. The van der Waals surface area contributed by atoms with Crippen LogP contribution >= 0.6 is 23.2 Å². The summed E-state index contributed by atoms with van der Waals surface area (Å²) in [5, 5.41) is 1.12. The maximum Gasteiger partial charge on any atom is 0.253 e. The summed E-state index contributed by atoms with van der Waals surface area (Å²) in [5.74, 6) is 0.200. The first kappa shape index (κ1) is 31.6. The second-order valence-corrected chi connectivity index (χ2v) is 13.4. The second-order valence-electron chi connectivity index (χ2n) is 12.6. The van der Waals surface area contributed by atoms with Gasteiger partial charge in [-0.05, 0) is 93.6 Å². The molecule has 0 bridgehead atoms. The summed E-state index contributed by atoms with van der Waals surface area (Å²) >= 11 is 12.9. The lowest BCUT2D eigenvalue weighted by atomic mass is 9.70. The van der Waals surface area contributed by atoms with Crippen molar-refractivity contribution in [2.24, 2.45) is 0 Å². The molecule has 0 aromatic heterocycles. The number of hydrogen-bond donors (Lipinski definition) is 0. The summed E-state index contributed by atoms with van der Waals surface area (Å²) < 4.78 is 0. The van der Waals surface area contributed by atoms with Crippen molar-refractivity contribution in [3.8, 4) is 0 Å². The number of hydrogen-bond acceptors (Lipinski definition) is 3. The highest BCUT2D eigenvalue weighted by Gasteiger charge is 2.40. The molecule has 3 aromatic carbocycles. The van der Waals surface area contributed by atoms with Crippen molar-refractivity contribution in [3.05, 3.63) is 106 Å². The number of piperidine rings is 2. The molecule has 0 aliphatic carbocycles. The Morgan fingerprint density at radius 3 is 2.14 bits per heavy atom. The summed E-state index contributed by atoms with van der Waals surface area (Å²) in [4.78, 5) is 32.1. The molecule has 0 N–H and O–H groups in total. The Labute approximate surface area is 266 Å². The van der Waals surface area contributed by atoms with Crippen LogP contribution in [-0.4, -0.2) is 72.8 Å². The molecule has 0 radical (unpaired) electrons. The average molecular weight is 621 g/mol. The number of likely N-dealkylation sites (tertiary alicyclic amines) is 2. The molecular weight excluding hydrogens is 577 g/mol. The van der Waals surface area contributed by atoms with Gasteiger partial charge in [-0.15, -0.1) is 0 Å². The van der Waals surface area contributed by atoms with Gasteiger partial charge in [0, 0.05) is 50.0 Å². The summed E-state index contributed by atoms with van der Waals surface area (Å²) in [5.41, 5.74) is 3.03. The molecule has 2 amide bonds. The first-order valence-electron chi connectivity index (χ1n) is 15.5. The normalized spacial score (nSPS) is 20.5. The van der Waals surface area contributed by atoms with Crippen molar-refractivity contribution in [2.75, 3.05) is 46.3 Å². The lowest BCUT2D eigenvalue weighted by molar-refractivity contribution is -0.128. The van der Waals surface area contributed by atoms with Gasteiger partial charge in [0.1, 0.15) is 0 Å². The molecule has 1 unspecified atom stereocenters. The van der Waals surface area contributed by atoms with Crippen molar-refractivity contribution in [1.82, 2.24) is 14.7 Å². The van der Waals surface area contributed by atoms with Crippen molar-refractivity contribution in [3.63, 3.8) is 0 Å². The number of rotatable bonds is 9. The number of amides is 2. The number of carbonyl (C=O) groups excluding carboxylic acids is 2. The van der Waals surface area contributed by atoms with Crippen LogP contribution in [0.25, 0.3) is 0 Å². The van der Waals surface area contributed by atoms with E-state index in [0.717, 1.165) is 76.8 Å². The van der Waals surface area contributed by atoms with Crippen molar-refractivity contribution in [1.29, 1.82) is 0 Å². The molecule has 5 rings (SSSR count). The lowest BCUT2D eigenvalue weighted by Crippen LogP contribution is -2.50. The van der Waals surface area contributed by atoms with E-state index in [1.54, 1.807) is 6.92 Å². The largest absolute Gasteiger partial charge is 0.345 e. The number of halogens is 2. The van der Waals surface area contributed by atoms with E-state index < -0.39 is 0 Å². The molecule has 0 spiro atoms. The molecule has 3 aromatic rings. The Bertz CT molecular complexity index is 1390. The Hall–Kier alpha value is -2.86. The van der Waals surface area contributed by atoms with Crippen LogP contribution in [0.15, 0.2) is 78.9 Å². The zero-order valence-electron chi connectivity index (χ0n) is 25.4. The van der Waals surface area contributed by atoms with Gasteiger partial charge in [0.05, 0.1) is 10.0 Å². The minimum atomic E-state index is -0.176. The first-order chi connectivity index (χ1) is 20.7. The van der Waals surface area contributed by atoms with E-state index in [2.05, 4.69) is 41.3 Å². The third-order valence-corrected chi connectivity index (χ3v) is 10.6. The zero-order valence-corrected chi connectivity index (χ0v) is 26.9. The molecule has 2 heterocycles. The molecule has 1 atom stereocenters. The maximum absolute atomic E-state index is 13.5. The van der Waals surface area contributed by atoms with Gasteiger partial charge in [-0.1, -0.05) is 77.8 Å². The molecule has 7 heteroatoms. The third-order valence-electron chi connectivity index (χ3n) is 9.82. The van der Waals surface area contributed by atoms with E-state index >= 15 is 0 Å². The Morgan fingerprint density at radius 2 is 1.49 bits per heavy atom. The van der Waals surface area contributed by atoms with Crippen LogP contribution in [0.5, 0.6) is 0 Å². The molecule has 0 saturated carbocycles. The SMILES string of the molecule is CC(=O)N(C)CC1(c2ccccc2)CCN(CCCC2(c3ccc(Cl)c(Cl)c3)CCCN(C(=O)c3ccccc3)C2)CC1. The van der Waals surface area contributed by atoms with Gasteiger partial charge in [-0.2, -0.15) is 0 Å². The first-order valence-corrected chi connectivity index (χ1v) is 16.3. The van der Waals surface area contributed by atoms with Crippen LogP contribution in [0.4, 0.5) is 0 Å². The number of nitrogens with zero attached hydrogens (tertiary/aromatic N) is 3. The molecule has 5 nitrogen and oxygen atoms in total. The van der Waals surface area contributed by atoms with Crippen LogP contribution < -0.4 is 0 Å². The third kappa shape index (κ3) is 7.28. The second kappa shape index (κ2) is 13.8. The monoisotopic (exact) mass is 619 g/mol. The molecule has 2 fully saturated rings. The van der Waals surface area contributed by atoms with E-state index in [4.69, 9.17) is 23.2 Å². The highest BCUT2D eigenvalue weighted by molar-refractivity contribution is 6.42. The van der Waals surface area contributed by atoms with Crippen LogP contribution in [0.1, 0.15) is 66.9 Å². The molecule has 228 valence electrons. The topological polar surface area (TPSA) is 43.9 Å². The van der Waals surface area contributed by atoms with Gasteiger partial charge in [-0.3, -0.25) is 9.59 Å². The highest BCUT2D eigenvalue weighted by atomic mass is 35.5. The average Bonchev–Trinajstić information content (AvgIpc) is 3.03. The predicted octanol–water partition coefficient (Wildman–Crippen LogP) is 7.46. The van der Waals surface area contributed by atoms with E-state index in [9.17, 15) is 9.59 Å². The van der Waals surface area contributed by atoms with Crippen molar-refractivity contribution >= 4 is 35.0 Å². The smallest absolute Gasteiger partial charge is 0.253 e. The fourth-order valence-corrected chi connectivity index (χ4v) is 7.52. The Morgan fingerprint density at radius 1 is 0.814 bits per heavy atom. The minimum Gasteiger partial charge on any atom is -0.345 e. The summed E-state index contributed by atoms with van der Waals surface area (Å²) in [6.07, 6.45) is 6.00. The van der Waals surface area contributed by atoms with Crippen LogP contribution in [-0.2, 0) is 15.6 Å². The lowest BCUT2D eigenvalue weighted by Gasteiger charge is -2.45. The van der Waals surface area contributed by atoms with Crippen molar-refractivity contribution < 1.29 is 9.59 Å². The van der Waals surface area contributed by atoms with Gasteiger partial charge >= 0.3 is 0 Å². The molecule has 43 heavy (non-hydrogen) atoms. The zero-order chi connectivity index (χ0) is 30.5. The minimum absolute atomic E-state index is 0.0267. The van der Waals surface area contributed by atoms with Crippen LogP contribution in [0, 0.1) is 0 Å². The summed E-state index contributed by atoms with van der Waals surface area (Å²) in [7, 11) is 1.91. The van der Waals surface area contributed by atoms with Gasteiger partial charge in [0.25, 0.3) is 5.91 Å². The Kier molecular flexibility index (Phi) is 10.2. The molecule has 2 saturated heterocycles.